The number of esters is 1. The molecule has 0 unspecified atom stereocenters. The summed E-state index contributed by atoms with van der Waals surface area (Å²) in [6.07, 6.45) is 17.9. The molecule has 0 amide bonds. The standard InChI is InChI=1S/C46H65ClFNO2/c1-31(2)34-17-24-46(49-28-27-47)26-25-43(6)36(39(34)46)13-14-38-42(5)20-18-35(41(3,4)37(42)19-21-44(38,43)7)33-15-22-45(30-48,23-16-33)40(50)51-29-32-11-9-8-10-12-32/h8-12,15,18,34,36-39,49H,1,13-14,16-17,19-30H2,2-7H3/t34-,36+,37-,38+,39+,42-,43+,44+,45-,46-/m0/s1. The third-order valence-corrected chi connectivity index (χ3v) is 17.3. The maximum absolute atomic E-state index is 14.7. The van der Waals surface area contributed by atoms with Gasteiger partial charge in [-0.2, -0.15) is 0 Å². The molecule has 1 aromatic rings. The highest BCUT2D eigenvalue weighted by Crippen LogP contribution is 2.76. The molecule has 6 aliphatic carbocycles. The molecule has 0 radical (unpaired) electrons. The SMILES string of the molecule is C=C(C)[C@@H]1CC[C@]2(NCCCl)CC[C@]3(C)[C@H](CC[C@@H]4[C@@]5(C)CC=C(C6=CC[C@](CF)(C(=O)OCc7ccccc7)CC6)C(C)(C)[C@@H]5CC[C@]43C)[C@@H]12. The van der Waals surface area contributed by atoms with E-state index in [1.807, 2.05) is 30.3 Å². The fourth-order valence-corrected chi connectivity index (χ4v) is 14.4. The number of hydrogen-bond donors (Lipinski definition) is 1. The maximum atomic E-state index is 14.7. The molecule has 51 heavy (non-hydrogen) atoms. The van der Waals surface area contributed by atoms with Gasteiger partial charge in [-0.25, -0.2) is 4.39 Å². The third-order valence-electron chi connectivity index (χ3n) is 17.1. The molecule has 0 aromatic heterocycles. The molecule has 0 spiro atoms. The van der Waals surface area contributed by atoms with Crippen LogP contribution in [0.1, 0.15) is 124 Å². The highest BCUT2D eigenvalue weighted by atomic mass is 35.5. The summed E-state index contributed by atoms with van der Waals surface area (Å²) in [5.41, 5.74) is 5.12. The average molecular weight is 718 g/mol. The van der Waals surface area contributed by atoms with Crippen molar-refractivity contribution >= 4 is 17.6 Å². The van der Waals surface area contributed by atoms with Crippen molar-refractivity contribution in [3.63, 3.8) is 0 Å². The zero-order valence-corrected chi connectivity index (χ0v) is 33.3. The molecule has 1 aromatic carbocycles. The van der Waals surface area contributed by atoms with Crippen LogP contribution in [0.15, 0.2) is 65.8 Å². The average Bonchev–Trinajstić information content (AvgIpc) is 3.50. The van der Waals surface area contributed by atoms with Gasteiger partial charge in [-0.15, -0.1) is 11.6 Å². The van der Waals surface area contributed by atoms with E-state index in [-0.39, 0.29) is 23.0 Å². The molecule has 3 nitrogen and oxygen atoms in total. The predicted molar refractivity (Wildman–Crippen MR) is 208 cm³/mol. The molecule has 0 aliphatic heterocycles. The molecule has 10 atom stereocenters. The van der Waals surface area contributed by atoms with Crippen molar-refractivity contribution in [2.45, 2.75) is 131 Å². The van der Waals surface area contributed by atoms with Crippen LogP contribution < -0.4 is 5.32 Å². The van der Waals surface area contributed by atoms with E-state index in [2.05, 4.69) is 65.6 Å². The molecule has 1 N–H and O–H groups in total. The van der Waals surface area contributed by atoms with E-state index in [1.165, 1.54) is 68.1 Å². The summed E-state index contributed by atoms with van der Waals surface area (Å²) in [7, 11) is 0. The summed E-state index contributed by atoms with van der Waals surface area (Å²) >= 11 is 6.29. The van der Waals surface area contributed by atoms with E-state index in [1.54, 1.807) is 0 Å². The zero-order chi connectivity index (χ0) is 36.5. The van der Waals surface area contributed by atoms with Crippen molar-refractivity contribution in [3.8, 4) is 0 Å². The van der Waals surface area contributed by atoms with Gasteiger partial charge in [-0.3, -0.25) is 4.79 Å². The normalized spacial score (nSPS) is 42.7. The van der Waals surface area contributed by atoms with Crippen molar-refractivity contribution in [3.05, 3.63) is 71.3 Å². The molecule has 6 aliphatic rings. The molecular weight excluding hydrogens is 653 g/mol. The zero-order valence-electron chi connectivity index (χ0n) is 32.5. The van der Waals surface area contributed by atoms with Gasteiger partial charge in [0.15, 0.2) is 0 Å². The molecule has 4 fully saturated rings. The number of carbonyl (C=O) groups is 1. The van der Waals surface area contributed by atoms with Crippen LogP contribution in [0.2, 0.25) is 0 Å². The van der Waals surface area contributed by atoms with Crippen molar-refractivity contribution in [2.24, 2.45) is 56.7 Å². The lowest BCUT2D eigenvalue weighted by atomic mass is 9.33. The second-order valence-corrected chi connectivity index (χ2v) is 19.8. The molecule has 0 heterocycles. The number of fused-ring (bicyclic) bond motifs is 7. The second kappa shape index (κ2) is 13.4. The van der Waals surface area contributed by atoms with E-state index in [0.717, 1.165) is 24.9 Å². The topological polar surface area (TPSA) is 38.3 Å². The number of alkyl halides is 2. The Morgan fingerprint density at radius 1 is 0.922 bits per heavy atom. The summed E-state index contributed by atoms with van der Waals surface area (Å²) in [5, 5.41) is 4.06. The Morgan fingerprint density at radius 3 is 2.35 bits per heavy atom. The number of rotatable bonds is 9. The Morgan fingerprint density at radius 2 is 1.69 bits per heavy atom. The van der Waals surface area contributed by atoms with Gasteiger partial charge < -0.3 is 10.1 Å². The van der Waals surface area contributed by atoms with E-state index in [0.29, 0.717) is 59.1 Å². The highest BCUT2D eigenvalue weighted by molar-refractivity contribution is 6.18. The number of nitrogens with one attached hydrogen (secondary N) is 1. The monoisotopic (exact) mass is 717 g/mol. The highest BCUT2D eigenvalue weighted by Gasteiger charge is 2.70. The molecule has 0 saturated heterocycles. The first-order chi connectivity index (χ1) is 24.2. The lowest BCUT2D eigenvalue weighted by molar-refractivity contribution is -0.221. The molecule has 0 bridgehead atoms. The lowest BCUT2D eigenvalue weighted by Crippen LogP contribution is -2.68. The second-order valence-electron chi connectivity index (χ2n) is 19.4. The number of carbonyl (C=O) groups excluding carboxylic acids is 1. The minimum absolute atomic E-state index is 0.0190. The Hall–Kier alpha value is -1.91. The lowest BCUT2D eigenvalue weighted by Gasteiger charge is -2.72. The van der Waals surface area contributed by atoms with Gasteiger partial charge in [0.2, 0.25) is 0 Å². The summed E-state index contributed by atoms with van der Waals surface area (Å²) in [4.78, 5) is 13.3. The number of ether oxygens (including phenoxy) is 1. The molecule has 7 rings (SSSR count). The maximum Gasteiger partial charge on any atom is 0.315 e. The number of allylic oxidation sites excluding steroid dienone is 5. The third kappa shape index (κ3) is 5.68. The fourth-order valence-electron chi connectivity index (χ4n) is 14.3. The van der Waals surface area contributed by atoms with E-state index in [9.17, 15) is 9.18 Å². The first kappa shape index (κ1) is 37.4. The molecule has 4 saturated carbocycles. The molecule has 5 heteroatoms. The summed E-state index contributed by atoms with van der Waals surface area (Å²) < 4.78 is 20.4. The smallest absolute Gasteiger partial charge is 0.315 e. The first-order valence-corrected chi connectivity index (χ1v) is 20.9. The van der Waals surface area contributed by atoms with Crippen LogP contribution in [-0.2, 0) is 16.1 Å². The Labute approximate surface area is 313 Å². The Kier molecular flexibility index (Phi) is 9.85. The minimum Gasteiger partial charge on any atom is -0.460 e. The number of hydrogen-bond acceptors (Lipinski definition) is 3. The predicted octanol–water partition coefficient (Wildman–Crippen LogP) is 11.6. The van der Waals surface area contributed by atoms with E-state index in [4.69, 9.17) is 16.3 Å². The van der Waals surface area contributed by atoms with Crippen LogP contribution in [0.4, 0.5) is 4.39 Å². The molecule has 280 valence electrons. The molecular formula is C46H65ClFNO2. The number of benzene rings is 1. The van der Waals surface area contributed by atoms with Crippen molar-refractivity contribution < 1.29 is 13.9 Å². The summed E-state index contributed by atoms with van der Waals surface area (Å²) in [5.74, 6) is 3.53. The quantitative estimate of drug-likeness (QED) is 0.157. The van der Waals surface area contributed by atoms with Gasteiger partial charge in [0.05, 0.1) is 5.41 Å². The van der Waals surface area contributed by atoms with E-state index >= 15 is 0 Å². The van der Waals surface area contributed by atoms with E-state index < -0.39 is 18.1 Å². The minimum atomic E-state index is -1.08. The van der Waals surface area contributed by atoms with Crippen LogP contribution in [0, 0.1) is 56.7 Å². The van der Waals surface area contributed by atoms with Gasteiger partial charge in [0.1, 0.15) is 13.3 Å². The van der Waals surface area contributed by atoms with Gasteiger partial charge in [-0.1, -0.05) is 89.3 Å². The number of halogens is 2. The van der Waals surface area contributed by atoms with Crippen molar-refractivity contribution in [2.75, 3.05) is 19.1 Å². The Balaban J connectivity index is 1.13. The van der Waals surface area contributed by atoms with Crippen LogP contribution in [0.5, 0.6) is 0 Å². The van der Waals surface area contributed by atoms with Gasteiger partial charge >= 0.3 is 5.97 Å². The van der Waals surface area contributed by atoms with Crippen LogP contribution in [0.25, 0.3) is 0 Å². The van der Waals surface area contributed by atoms with Gasteiger partial charge in [0.25, 0.3) is 0 Å². The Bertz CT molecular complexity index is 1570. The largest absolute Gasteiger partial charge is 0.460 e. The van der Waals surface area contributed by atoms with Crippen LogP contribution in [0.3, 0.4) is 0 Å². The van der Waals surface area contributed by atoms with Gasteiger partial charge in [0, 0.05) is 18.0 Å². The van der Waals surface area contributed by atoms with Gasteiger partial charge in [-0.05, 0) is 152 Å². The summed E-state index contributed by atoms with van der Waals surface area (Å²) in [6, 6.07) is 9.69. The summed E-state index contributed by atoms with van der Waals surface area (Å²) in [6.45, 7) is 20.4. The fraction of sp³-hybridized carbons (Fsp3) is 0.717. The van der Waals surface area contributed by atoms with Crippen molar-refractivity contribution in [1.29, 1.82) is 0 Å². The van der Waals surface area contributed by atoms with Crippen molar-refractivity contribution in [1.82, 2.24) is 5.32 Å². The van der Waals surface area contributed by atoms with Crippen LogP contribution in [-0.4, -0.2) is 30.6 Å². The first-order valence-electron chi connectivity index (χ1n) is 20.3. The van der Waals surface area contributed by atoms with Crippen LogP contribution >= 0.6 is 11.6 Å².